The normalized spacial score (nSPS) is 19.1. The molecule has 1 unspecified atom stereocenters. The van der Waals surface area contributed by atoms with E-state index in [1.165, 1.54) is 10.8 Å². The van der Waals surface area contributed by atoms with E-state index in [1.807, 2.05) is 24.0 Å². The maximum Gasteiger partial charge on any atom is 0.234 e. The van der Waals surface area contributed by atoms with Gasteiger partial charge in [0.1, 0.15) is 0 Å². The number of piperazine rings is 1. The average Bonchev–Trinajstić information content (AvgIpc) is 3.53. The van der Waals surface area contributed by atoms with Crippen LogP contribution in [0.5, 0.6) is 0 Å². The lowest BCUT2D eigenvalue weighted by Gasteiger charge is -2.34. The molecule has 27 heavy (non-hydrogen) atoms. The van der Waals surface area contributed by atoms with Crippen LogP contribution in [0.15, 0.2) is 42.5 Å². The van der Waals surface area contributed by atoms with Gasteiger partial charge in [0.25, 0.3) is 0 Å². The maximum absolute atomic E-state index is 12.5. The van der Waals surface area contributed by atoms with Gasteiger partial charge in [-0.15, -0.1) is 0 Å². The summed E-state index contributed by atoms with van der Waals surface area (Å²) in [5.41, 5.74) is 1.11. The molecule has 1 saturated carbocycles. The Labute approximate surface area is 160 Å². The Kier molecular flexibility index (Phi) is 5.12. The molecule has 5 heteroatoms. The molecule has 1 aliphatic heterocycles. The zero-order chi connectivity index (χ0) is 18.8. The van der Waals surface area contributed by atoms with E-state index < -0.39 is 0 Å². The Bertz CT molecular complexity index is 838. The summed E-state index contributed by atoms with van der Waals surface area (Å²) in [7, 11) is 0. The van der Waals surface area contributed by atoms with Gasteiger partial charge in [-0.25, -0.2) is 0 Å². The van der Waals surface area contributed by atoms with E-state index >= 15 is 0 Å². The first-order chi connectivity index (χ1) is 13.1. The minimum absolute atomic E-state index is 0.0279. The Hall–Kier alpha value is -2.40. The van der Waals surface area contributed by atoms with Crippen molar-refractivity contribution in [3.63, 3.8) is 0 Å². The van der Waals surface area contributed by atoms with Crippen LogP contribution in [0.1, 0.15) is 31.4 Å². The van der Waals surface area contributed by atoms with Crippen LogP contribution in [0, 0.1) is 5.92 Å². The highest BCUT2D eigenvalue weighted by molar-refractivity contribution is 5.84. The van der Waals surface area contributed by atoms with E-state index in [9.17, 15) is 9.59 Å². The number of nitrogens with zero attached hydrogens (tertiary/aromatic N) is 2. The van der Waals surface area contributed by atoms with Crippen molar-refractivity contribution in [2.75, 3.05) is 32.7 Å². The van der Waals surface area contributed by atoms with Crippen molar-refractivity contribution in [1.29, 1.82) is 0 Å². The molecule has 1 aliphatic carbocycles. The van der Waals surface area contributed by atoms with Gasteiger partial charge in [0.2, 0.25) is 11.8 Å². The quantitative estimate of drug-likeness (QED) is 0.886. The smallest absolute Gasteiger partial charge is 0.234 e. The highest BCUT2D eigenvalue weighted by atomic mass is 16.2. The summed E-state index contributed by atoms with van der Waals surface area (Å²) < 4.78 is 0. The molecule has 4 rings (SSSR count). The predicted molar refractivity (Wildman–Crippen MR) is 106 cm³/mol. The number of carbonyl (C=O) groups excluding carboxylic acids is 2. The van der Waals surface area contributed by atoms with Gasteiger partial charge in [-0.1, -0.05) is 36.4 Å². The summed E-state index contributed by atoms with van der Waals surface area (Å²) in [6.07, 6.45) is 2.10. The molecular formula is C22H27N3O2. The molecule has 2 amide bonds. The van der Waals surface area contributed by atoms with Gasteiger partial charge in [0.15, 0.2) is 0 Å². The van der Waals surface area contributed by atoms with Crippen LogP contribution in [-0.2, 0) is 9.59 Å². The van der Waals surface area contributed by atoms with Crippen molar-refractivity contribution in [3.05, 3.63) is 48.0 Å². The molecular weight excluding hydrogens is 338 g/mol. The maximum atomic E-state index is 12.5. The summed E-state index contributed by atoms with van der Waals surface area (Å²) in [5.74, 6) is 0.629. The van der Waals surface area contributed by atoms with E-state index in [-0.39, 0.29) is 17.9 Å². The first kappa shape index (κ1) is 18.0. The second-order valence-corrected chi connectivity index (χ2v) is 7.77. The van der Waals surface area contributed by atoms with Gasteiger partial charge in [0.05, 0.1) is 12.6 Å². The first-order valence-corrected chi connectivity index (χ1v) is 9.89. The molecule has 0 radical (unpaired) electrons. The van der Waals surface area contributed by atoms with Crippen molar-refractivity contribution in [2.45, 2.75) is 25.8 Å². The summed E-state index contributed by atoms with van der Waals surface area (Å²) in [5, 5.41) is 5.50. The van der Waals surface area contributed by atoms with Gasteiger partial charge >= 0.3 is 0 Å². The molecule has 0 spiro atoms. The number of benzene rings is 2. The van der Waals surface area contributed by atoms with Crippen molar-refractivity contribution in [3.8, 4) is 0 Å². The fourth-order valence-corrected chi connectivity index (χ4v) is 3.77. The largest absolute Gasteiger partial charge is 0.348 e. The van der Waals surface area contributed by atoms with Gasteiger partial charge in [-0.2, -0.15) is 0 Å². The third-order valence-corrected chi connectivity index (χ3v) is 5.63. The SMILES string of the molecule is CC(NC(=O)CN1CCN(C(=O)C2CC2)CC1)c1ccc2ccccc2c1. The van der Waals surface area contributed by atoms with E-state index in [1.54, 1.807) is 0 Å². The summed E-state index contributed by atoms with van der Waals surface area (Å²) in [6, 6.07) is 14.5. The second-order valence-electron chi connectivity index (χ2n) is 7.77. The molecule has 2 aromatic rings. The van der Waals surface area contributed by atoms with E-state index in [0.717, 1.165) is 44.6 Å². The fraction of sp³-hybridized carbons (Fsp3) is 0.455. The van der Waals surface area contributed by atoms with Crippen LogP contribution in [0.2, 0.25) is 0 Å². The molecule has 1 heterocycles. The monoisotopic (exact) mass is 365 g/mol. The average molecular weight is 365 g/mol. The van der Waals surface area contributed by atoms with Crippen LogP contribution in [-0.4, -0.2) is 54.3 Å². The molecule has 1 saturated heterocycles. The number of hydrogen-bond acceptors (Lipinski definition) is 3. The fourth-order valence-electron chi connectivity index (χ4n) is 3.77. The van der Waals surface area contributed by atoms with Gasteiger partial charge < -0.3 is 10.2 Å². The molecule has 2 fully saturated rings. The van der Waals surface area contributed by atoms with Crippen LogP contribution in [0.3, 0.4) is 0 Å². The molecule has 2 aromatic carbocycles. The lowest BCUT2D eigenvalue weighted by molar-refractivity contribution is -0.134. The third kappa shape index (κ3) is 4.30. The van der Waals surface area contributed by atoms with Crippen LogP contribution in [0.4, 0.5) is 0 Å². The molecule has 5 nitrogen and oxygen atoms in total. The van der Waals surface area contributed by atoms with Crippen LogP contribution >= 0.6 is 0 Å². The van der Waals surface area contributed by atoms with Crippen molar-refractivity contribution in [1.82, 2.24) is 15.1 Å². The van der Waals surface area contributed by atoms with Crippen molar-refractivity contribution >= 4 is 22.6 Å². The minimum atomic E-state index is -0.0279. The zero-order valence-electron chi connectivity index (χ0n) is 15.9. The minimum Gasteiger partial charge on any atom is -0.348 e. The summed E-state index contributed by atoms with van der Waals surface area (Å²) >= 11 is 0. The topological polar surface area (TPSA) is 52.7 Å². The number of carbonyl (C=O) groups is 2. The number of nitrogens with one attached hydrogen (secondary N) is 1. The van der Waals surface area contributed by atoms with Crippen molar-refractivity contribution < 1.29 is 9.59 Å². The molecule has 0 aromatic heterocycles. The Morgan fingerprint density at radius 1 is 1.04 bits per heavy atom. The molecule has 1 N–H and O–H groups in total. The highest BCUT2D eigenvalue weighted by Crippen LogP contribution is 2.31. The number of hydrogen-bond donors (Lipinski definition) is 1. The Balaban J connectivity index is 1.27. The standard InChI is InChI=1S/C22H27N3O2/c1-16(19-9-6-17-4-2-3-5-20(17)14-19)23-21(26)15-24-10-12-25(13-11-24)22(27)18-7-8-18/h2-6,9,14,16,18H,7-8,10-13,15H2,1H3,(H,23,26). The van der Waals surface area contributed by atoms with E-state index in [0.29, 0.717) is 12.5 Å². The van der Waals surface area contributed by atoms with Crippen molar-refractivity contribution in [2.24, 2.45) is 5.92 Å². The van der Waals surface area contributed by atoms with Crippen LogP contribution < -0.4 is 5.32 Å². The number of fused-ring (bicyclic) bond motifs is 1. The molecule has 142 valence electrons. The van der Waals surface area contributed by atoms with Crippen LogP contribution in [0.25, 0.3) is 10.8 Å². The highest BCUT2D eigenvalue weighted by Gasteiger charge is 2.34. The molecule has 2 aliphatic rings. The van der Waals surface area contributed by atoms with Gasteiger partial charge in [0, 0.05) is 32.1 Å². The van der Waals surface area contributed by atoms with E-state index in [2.05, 4.69) is 40.5 Å². The zero-order valence-corrected chi connectivity index (χ0v) is 15.9. The predicted octanol–water partition coefficient (Wildman–Crippen LogP) is 2.57. The third-order valence-electron chi connectivity index (χ3n) is 5.63. The van der Waals surface area contributed by atoms with Gasteiger partial charge in [-0.05, 0) is 42.2 Å². The summed E-state index contributed by atoms with van der Waals surface area (Å²) in [6.45, 7) is 5.44. The molecule has 0 bridgehead atoms. The number of amides is 2. The first-order valence-electron chi connectivity index (χ1n) is 9.89. The lowest BCUT2D eigenvalue weighted by Crippen LogP contribution is -2.51. The molecule has 1 atom stereocenters. The van der Waals surface area contributed by atoms with Gasteiger partial charge in [-0.3, -0.25) is 14.5 Å². The summed E-state index contributed by atoms with van der Waals surface area (Å²) in [4.78, 5) is 28.7. The lowest BCUT2D eigenvalue weighted by atomic mass is 10.0. The Morgan fingerprint density at radius 3 is 2.44 bits per heavy atom. The number of rotatable bonds is 5. The second kappa shape index (κ2) is 7.69. The Morgan fingerprint density at radius 2 is 1.74 bits per heavy atom. The van der Waals surface area contributed by atoms with E-state index in [4.69, 9.17) is 0 Å².